The molecule has 3 nitrogen and oxygen atoms in total. The van der Waals surface area contributed by atoms with Gasteiger partial charge in [0.25, 0.3) is 0 Å². The van der Waals surface area contributed by atoms with E-state index in [0.717, 1.165) is 0 Å². The Balaban J connectivity index is 2.05. The maximum Gasteiger partial charge on any atom is 0.303 e. The number of nitrogens with zero attached hydrogens (tertiary/aromatic N) is 1. The van der Waals surface area contributed by atoms with Gasteiger partial charge in [-0.1, -0.05) is 0 Å². The van der Waals surface area contributed by atoms with E-state index in [4.69, 9.17) is 5.11 Å². The number of fused-ring (bicyclic) bond motifs is 2. The van der Waals surface area contributed by atoms with Crippen molar-refractivity contribution in [1.82, 2.24) is 4.90 Å². The van der Waals surface area contributed by atoms with Gasteiger partial charge < -0.3 is 10.0 Å². The van der Waals surface area contributed by atoms with Gasteiger partial charge in [-0.15, -0.1) is 0 Å². The quantitative estimate of drug-likeness (QED) is 0.830. The number of alkyl halides is 2. The molecule has 2 unspecified atom stereocenters. The van der Waals surface area contributed by atoms with Crippen LogP contribution >= 0.6 is 0 Å². The zero-order valence-corrected chi connectivity index (χ0v) is 10.0. The summed E-state index contributed by atoms with van der Waals surface area (Å²) in [7, 11) is 1.96. The number of hydrogen-bond acceptors (Lipinski definition) is 2. The first-order valence-electron chi connectivity index (χ1n) is 6.15. The summed E-state index contributed by atoms with van der Waals surface area (Å²) in [6.07, 6.45) is 0.512. The Morgan fingerprint density at radius 2 is 1.88 bits per heavy atom. The summed E-state index contributed by atoms with van der Waals surface area (Å²) in [5.74, 6) is -3.28. The minimum Gasteiger partial charge on any atom is -0.481 e. The van der Waals surface area contributed by atoms with Crippen molar-refractivity contribution in [3.8, 4) is 0 Å². The van der Waals surface area contributed by atoms with Gasteiger partial charge in [0.15, 0.2) is 0 Å². The Bertz CT molecular complexity index is 291. The monoisotopic (exact) mass is 247 g/mol. The summed E-state index contributed by atoms with van der Waals surface area (Å²) in [6, 6.07) is 0. The van der Waals surface area contributed by atoms with Crippen LogP contribution in [-0.4, -0.2) is 42.0 Å². The number of piperidine rings is 1. The topological polar surface area (TPSA) is 40.5 Å². The van der Waals surface area contributed by atoms with Gasteiger partial charge in [0.05, 0.1) is 0 Å². The highest BCUT2D eigenvalue weighted by Gasteiger charge is 2.49. The molecule has 2 bridgehead atoms. The van der Waals surface area contributed by atoms with Crippen molar-refractivity contribution < 1.29 is 18.7 Å². The van der Waals surface area contributed by atoms with Crippen molar-refractivity contribution in [2.24, 2.45) is 17.8 Å². The van der Waals surface area contributed by atoms with E-state index in [1.165, 1.54) is 0 Å². The predicted octanol–water partition coefficient (Wildman–Crippen LogP) is 2.07. The number of hydrogen-bond donors (Lipinski definition) is 1. The highest BCUT2D eigenvalue weighted by molar-refractivity contribution is 5.66. The summed E-state index contributed by atoms with van der Waals surface area (Å²) in [5, 5.41) is 8.70. The van der Waals surface area contributed by atoms with E-state index in [2.05, 4.69) is 4.90 Å². The first-order valence-corrected chi connectivity index (χ1v) is 6.15. The van der Waals surface area contributed by atoms with Crippen LogP contribution in [0.15, 0.2) is 0 Å². The molecule has 1 N–H and O–H groups in total. The van der Waals surface area contributed by atoms with E-state index in [-0.39, 0.29) is 37.0 Å². The summed E-state index contributed by atoms with van der Waals surface area (Å²) >= 11 is 0. The third kappa shape index (κ3) is 2.94. The Morgan fingerprint density at radius 1 is 1.35 bits per heavy atom. The molecule has 0 aromatic rings. The minimum absolute atomic E-state index is 0.0400. The molecule has 1 saturated carbocycles. The highest BCUT2D eigenvalue weighted by atomic mass is 19.3. The van der Waals surface area contributed by atoms with Crippen LogP contribution in [0.1, 0.15) is 25.7 Å². The van der Waals surface area contributed by atoms with Crippen molar-refractivity contribution in [2.45, 2.75) is 31.6 Å². The maximum absolute atomic E-state index is 13.5. The molecular formula is C12H19F2NO2. The molecule has 1 aliphatic carbocycles. The average Bonchev–Trinajstić information content (AvgIpc) is 2.12. The van der Waals surface area contributed by atoms with E-state index in [1.54, 1.807) is 0 Å². The van der Waals surface area contributed by atoms with Gasteiger partial charge in [0.2, 0.25) is 5.92 Å². The van der Waals surface area contributed by atoms with E-state index in [9.17, 15) is 13.6 Å². The van der Waals surface area contributed by atoms with Crippen LogP contribution in [0.3, 0.4) is 0 Å². The van der Waals surface area contributed by atoms with Crippen molar-refractivity contribution in [1.29, 1.82) is 0 Å². The molecule has 0 aromatic carbocycles. The molecule has 0 amide bonds. The van der Waals surface area contributed by atoms with Gasteiger partial charge in [-0.3, -0.25) is 4.79 Å². The lowest BCUT2D eigenvalue weighted by atomic mass is 9.66. The van der Waals surface area contributed by atoms with Crippen LogP contribution < -0.4 is 0 Å². The number of halogens is 2. The second kappa shape index (κ2) is 4.52. The lowest BCUT2D eigenvalue weighted by molar-refractivity contribution is -0.140. The molecule has 0 spiro atoms. The number of carbonyl (C=O) groups is 1. The summed E-state index contributed by atoms with van der Waals surface area (Å²) in [6.45, 7) is 1.35. The molecule has 1 aliphatic heterocycles. The maximum atomic E-state index is 13.5. The van der Waals surface area contributed by atoms with Crippen molar-refractivity contribution >= 4 is 5.97 Å². The second-order valence-corrected chi connectivity index (χ2v) is 5.60. The second-order valence-electron chi connectivity index (χ2n) is 5.60. The molecule has 17 heavy (non-hydrogen) atoms. The van der Waals surface area contributed by atoms with E-state index in [0.29, 0.717) is 19.5 Å². The molecule has 1 heterocycles. The van der Waals surface area contributed by atoms with Crippen molar-refractivity contribution in [2.75, 3.05) is 20.1 Å². The molecule has 2 rings (SSSR count). The van der Waals surface area contributed by atoms with Crippen LogP contribution in [0.25, 0.3) is 0 Å². The van der Waals surface area contributed by atoms with E-state index >= 15 is 0 Å². The summed E-state index contributed by atoms with van der Waals surface area (Å²) < 4.78 is 27.0. The third-order valence-electron chi connectivity index (χ3n) is 4.12. The molecular weight excluding hydrogens is 228 g/mol. The molecule has 98 valence electrons. The fourth-order valence-electron chi connectivity index (χ4n) is 3.57. The fourth-order valence-corrected chi connectivity index (χ4v) is 3.57. The molecule has 5 heteroatoms. The Hall–Kier alpha value is -0.710. The minimum atomic E-state index is -2.55. The SMILES string of the molecule is CN1CC2CC(F)(F)CC(C1)C2CCC(=O)O. The third-order valence-corrected chi connectivity index (χ3v) is 4.12. The fraction of sp³-hybridized carbons (Fsp3) is 0.917. The first-order chi connectivity index (χ1) is 7.87. The van der Waals surface area contributed by atoms with Crippen LogP contribution in [0.5, 0.6) is 0 Å². The normalized spacial score (nSPS) is 36.8. The van der Waals surface area contributed by atoms with Gasteiger partial charge in [-0.05, 0) is 31.2 Å². The van der Waals surface area contributed by atoms with Crippen molar-refractivity contribution in [3.05, 3.63) is 0 Å². The van der Waals surface area contributed by atoms with Gasteiger partial charge in [0, 0.05) is 32.4 Å². The number of carboxylic acids is 1. The lowest BCUT2D eigenvalue weighted by Crippen LogP contribution is -2.52. The van der Waals surface area contributed by atoms with Crippen LogP contribution in [-0.2, 0) is 4.79 Å². The highest BCUT2D eigenvalue weighted by Crippen LogP contribution is 2.48. The van der Waals surface area contributed by atoms with Gasteiger partial charge in [-0.25, -0.2) is 8.78 Å². The Labute approximate surface area is 99.8 Å². The Morgan fingerprint density at radius 3 is 2.35 bits per heavy atom. The average molecular weight is 247 g/mol. The molecule has 0 aromatic heterocycles. The molecule has 2 aliphatic rings. The number of aliphatic carboxylic acids is 1. The molecule has 1 saturated heterocycles. The van der Waals surface area contributed by atoms with E-state index in [1.807, 2.05) is 7.05 Å². The number of carboxylic acid groups (broad SMARTS) is 1. The molecule has 2 fully saturated rings. The van der Waals surface area contributed by atoms with Gasteiger partial charge in [-0.2, -0.15) is 0 Å². The zero-order chi connectivity index (χ0) is 12.6. The largest absolute Gasteiger partial charge is 0.481 e. The first kappa shape index (κ1) is 12.7. The Kier molecular flexibility index (Phi) is 3.39. The lowest BCUT2D eigenvalue weighted by Gasteiger charge is -2.48. The number of likely N-dealkylation sites (tertiary alicyclic amines) is 1. The van der Waals surface area contributed by atoms with Crippen molar-refractivity contribution in [3.63, 3.8) is 0 Å². The molecule has 2 atom stereocenters. The van der Waals surface area contributed by atoms with Crippen LogP contribution in [0.2, 0.25) is 0 Å². The summed E-state index contributed by atoms with van der Waals surface area (Å²) in [5.41, 5.74) is 0. The zero-order valence-electron chi connectivity index (χ0n) is 10.0. The van der Waals surface area contributed by atoms with Crippen LogP contribution in [0, 0.1) is 17.8 Å². The van der Waals surface area contributed by atoms with Gasteiger partial charge in [0.1, 0.15) is 0 Å². The predicted molar refractivity (Wildman–Crippen MR) is 59.0 cm³/mol. The standard InChI is InChI=1S/C12H19F2NO2/c1-15-6-8-4-12(13,14)5-9(7-15)10(8)2-3-11(16)17/h8-10H,2-7H2,1H3,(H,16,17). The summed E-state index contributed by atoms with van der Waals surface area (Å²) in [4.78, 5) is 12.7. The smallest absolute Gasteiger partial charge is 0.303 e. The van der Waals surface area contributed by atoms with Crippen LogP contribution in [0.4, 0.5) is 8.78 Å². The number of rotatable bonds is 3. The van der Waals surface area contributed by atoms with E-state index < -0.39 is 11.9 Å². The van der Waals surface area contributed by atoms with Gasteiger partial charge >= 0.3 is 5.97 Å². The molecule has 0 radical (unpaired) electrons.